The number of ether oxygens (including phenoxy) is 1. The normalized spacial score (nSPS) is 14.0. The van der Waals surface area contributed by atoms with Crippen molar-refractivity contribution in [3.8, 4) is 28.3 Å². The van der Waals surface area contributed by atoms with Gasteiger partial charge in [-0.3, -0.25) is 9.69 Å². The lowest BCUT2D eigenvalue weighted by molar-refractivity contribution is 0.188. The second-order valence-electron chi connectivity index (χ2n) is 8.97. The van der Waals surface area contributed by atoms with E-state index >= 15 is 0 Å². The summed E-state index contributed by atoms with van der Waals surface area (Å²) in [6, 6.07) is 18.6. The number of benzene rings is 3. The van der Waals surface area contributed by atoms with E-state index in [0.29, 0.717) is 41.8 Å². The third-order valence-corrected chi connectivity index (χ3v) is 6.77. The number of halogens is 2. The number of nitrogens with two attached hydrogens (primary N) is 1. The number of hydrogen-bond donors (Lipinski definition) is 2. The molecule has 10 heteroatoms. The smallest absolute Gasteiger partial charge is 0.316 e. The van der Waals surface area contributed by atoms with Crippen LogP contribution in [0.5, 0.6) is 11.5 Å². The predicted octanol–water partition coefficient (Wildman–Crippen LogP) is 4.18. The number of nitrogens with zero attached hydrogens (tertiary/aromatic N) is 4. The molecule has 0 radical (unpaired) electrons. The van der Waals surface area contributed by atoms with Crippen LogP contribution in [0.15, 0.2) is 77.7 Å². The average Bonchev–Trinajstić information content (AvgIpc) is 2.93. The zero-order valence-electron chi connectivity index (χ0n) is 20.6. The fourth-order valence-electron chi connectivity index (χ4n) is 4.43. The minimum atomic E-state index is -0.465. The second kappa shape index (κ2) is 11.2. The molecular weight excluding hydrogens is 509 g/mol. The summed E-state index contributed by atoms with van der Waals surface area (Å²) >= 11 is 6.03. The largest absolute Gasteiger partial charge is 0.449 e. The minimum Gasteiger partial charge on any atom is -0.449 e. The van der Waals surface area contributed by atoms with E-state index in [2.05, 4.69) is 14.9 Å². The van der Waals surface area contributed by atoms with Gasteiger partial charge in [0.05, 0.1) is 24.2 Å². The number of β-amino-alcohol motifs (C(OH)–C–C–N with tert-alkyl or cyclic N) is 1. The average molecular weight is 536 g/mol. The first-order valence-electron chi connectivity index (χ1n) is 12.2. The summed E-state index contributed by atoms with van der Waals surface area (Å²) in [4.78, 5) is 17.9. The molecule has 1 aliphatic rings. The third-order valence-electron chi connectivity index (χ3n) is 6.52. The van der Waals surface area contributed by atoms with Crippen molar-refractivity contribution >= 4 is 23.0 Å². The van der Waals surface area contributed by atoms with Crippen LogP contribution in [-0.4, -0.2) is 59.1 Å². The van der Waals surface area contributed by atoms with Gasteiger partial charge < -0.3 is 20.5 Å². The quantitative estimate of drug-likeness (QED) is 0.343. The van der Waals surface area contributed by atoms with Crippen molar-refractivity contribution in [1.29, 1.82) is 0 Å². The van der Waals surface area contributed by atoms with Gasteiger partial charge in [-0.2, -0.15) is 9.78 Å². The van der Waals surface area contributed by atoms with Crippen molar-refractivity contribution < 1.29 is 14.2 Å². The van der Waals surface area contributed by atoms with E-state index in [9.17, 15) is 14.3 Å². The maximum absolute atomic E-state index is 13.7. The standard InChI is InChI=1S/C28H27ClFN5O3/c29-21-4-6-22(7-5-21)35-28(37)27(26(18-32-35)34-13-11-33(12-14-34)15-16-36)38-23-8-1-19(2-9-23)20-3-10-24(30)25(31)17-20/h1-10,17-18,36H,11-16,31H2. The first-order chi connectivity index (χ1) is 18.4. The number of nitrogen functional groups attached to an aromatic ring is 1. The lowest BCUT2D eigenvalue weighted by atomic mass is 10.0. The molecule has 4 aromatic rings. The Morgan fingerprint density at radius 3 is 2.32 bits per heavy atom. The summed E-state index contributed by atoms with van der Waals surface area (Å²) in [7, 11) is 0. The third kappa shape index (κ3) is 5.50. The highest BCUT2D eigenvalue weighted by atomic mass is 35.5. The van der Waals surface area contributed by atoms with Gasteiger partial charge in [-0.15, -0.1) is 0 Å². The zero-order valence-corrected chi connectivity index (χ0v) is 21.3. The van der Waals surface area contributed by atoms with Crippen LogP contribution in [0.4, 0.5) is 15.8 Å². The highest BCUT2D eigenvalue weighted by Crippen LogP contribution is 2.32. The molecule has 1 aromatic heterocycles. The summed E-state index contributed by atoms with van der Waals surface area (Å²) in [5.41, 5.74) is 8.15. The highest BCUT2D eigenvalue weighted by Gasteiger charge is 2.24. The molecule has 5 rings (SSSR count). The van der Waals surface area contributed by atoms with Gasteiger partial charge in [0, 0.05) is 37.7 Å². The lowest BCUT2D eigenvalue weighted by Crippen LogP contribution is -2.47. The molecule has 1 saturated heterocycles. The van der Waals surface area contributed by atoms with Crippen LogP contribution in [0.3, 0.4) is 0 Å². The molecule has 0 atom stereocenters. The Kier molecular flexibility index (Phi) is 7.59. The van der Waals surface area contributed by atoms with Gasteiger partial charge in [0.2, 0.25) is 5.75 Å². The van der Waals surface area contributed by atoms with E-state index < -0.39 is 11.4 Å². The summed E-state index contributed by atoms with van der Waals surface area (Å²) in [6.07, 6.45) is 1.64. The van der Waals surface area contributed by atoms with Gasteiger partial charge in [0.15, 0.2) is 0 Å². The number of aromatic nitrogens is 2. The van der Waals surface area contributed by atoms with E-state index in [4.69, 9.17) is 22.1 Å². The summed E-state index contributed by atoms with van der Waals surface area (Å²) in [5, 5.41) is 14.2. The molecular formula is C28H27ClFN5O3. The molecule has 3 aromatic carbocycles. The fourth-order valence-corrected chi connectivity index (χ4v) is 4.55. The maximum Gasteiger partial charge on any atom is 0.316 e. The fraction of sp³-hybridized carbons (Fsp3) is 0.214. The van der Waals surface area contributed by atoms with Crippen molar-refractivity contribution in [2.24, 2.45) is 0 Å². The first-order valence-corrected chi connectivity index (χ1v) is 12.6. The number of rotatable bonds is 7. The van der Waals surface area contributed by atoms with Gasteiger partial charge in [-0.25, -0.2) is 4.39 Å². The number of aliphatic hydroxyl groups is 1. The van der Waals surface area contributed by atoms with Crippen molar-refractivity contribution in [3.63, 3.8) is 0 Å². The van der Waals surface area contributed by atoms with Gasteiger partial charge in [0.1, 0.15) is 17.3 Å². The summed E-state index contributed by atoms with van der Waals surface area (Å²) in [6.45, 7) is 3.53. The van der Waals surface area contributed by atoms with Gasteiger partial charge in [-0.1, -0.05) is 29.8 Å². The van der Waals surface area contributed by atoms with Crippen molar-refractivity contribution in [2.45, 2.75) is 0 Å². The van der Waals surface area contributed by atoms with Crippen LogP contribution in [-0.2, 0) is 0 Å². The monoisotopic (exact) mass is 535 g/mol. The van der Waals surface area contributed by atoms with Crippen molar-refractivity contribution in [3.05, 3.63) is 94.1 Å². The summed E-state index contributed by atoms with van der Waals surface area (Å²) < 4.78 is 21.1. The maximum atomic E-state index is 13.7. The molecule has 2 heterocycles. The Labute approximate surface area is 224 Å². The molecule has 1 fully saturated rings. The number of hydrogen-bond acceptors (Lipinski definition) is 7. The van der Waals surface area contributed by atoms with Gasteiger partial charge in [0.25, 0.3) is 0 Å². The van der Waals surface area contributed by atoms with E-state index in [-0.39, 0.29) is 18.0 Å². The number of piperazine rings is 1. The lowest BCUT2D eigenvalue weighted by Gasteiger charge is -2.36. The molecule has 0 bridgehead atoms. The van der Waals surface area contributed by atoms with Crippen LogP contribution in [0.1, 0.15) is 0 Å². The topological polar surface area (TPSA) is 96.8 Å². The van der Waals surface area contributed by atoms with Crippen LogP contribution in [0, 0.1) is 5.82 Å². The Bertz CT molecular complexity index is 1470. The number of aliphatic hydroxyl groups excluding tert-OH is 1. The Morgan fingerprint density at radius 1 is 0.974 bits per heavy atom. The predicted molar refractivity (Wildman–Crippen MR) is 147 cm³/mol. The zero-order chi connectivity index (χ0) is 26.6. The molecule has 8 nitrogen and oxygen atoms in total. The minimum absolute atomic E-state index is 0.0751. The van der Waals surface area contributed by atoms with Gasteiger partial charge >= 0.3 is 5.56 Å². The van der Waals surface area contributed by atoms with E-state index in [1.165, 1.54) is 10.7 Å². The molecule has 38 heavy (non-hydrogen) atoms. The van der Waals surface area contributed by atoms with Gasteiger partial charge in [-0.05, 0) is 59.7 Å². The molecule has 3 N–H and O–H groups in total. The molecule has 0 unspecified atom stereocenters. The Hall–Kier alpha value is -3.92. The van der Waals surface area contributed by atoms with Crippen molar-refractivity contribution in [2.75, 3.05) is 50.0 Å². The van der Waals surface area contributed by atoms with Crippen LogP contribution in [0.2, 0.25) is 5.02 Å². The molecule has 1 aliphatic heterocycles. The highest BCUT2D eigenvalue weighted by molar-refractivity contribution is 6.30. The van der Waals surface area contributed by atoms with E-state index in [1.807, 2.05) is 12.1 Å². The molecule has 0 spiro atoms. The molecule has 0 amide bonds. The molecule has 0 aliphatic carbocycles. The number of anilines is 2. The molecule has 196 valence electrons. The SMILES string of the molecule is Nc1cc(-c2ccc(Oc3c(N4CCN(CCO)CC4)cnn(-c4ccc(Cl)cc4)c3=O)cc2)ccc1F. The van der Waals surface area contributed by atoms with Crippen molar-refractivity contribution in [1.82, 2.24) is 14.7 Å². The summed E-state index contributed by atoms with van der Waals surface area (Å²) in [5.74, 6) is 0.160. The van der Waals surface area contributed by atoms with Crippen LogP contribution < -0.4 is 20.9 Å². The first kappa shape index (κ1) is 25.7. The Balaban J connectivity index is 1.48. The van der Waals surface area contributed by atoms with E-state index in [1.54, 1.807) is 54.7 Å². The Morgan fingerprint density at radius 2 is 1.66 bits per heavy atom. The van der Waals surface area contributed by atoms with Crippen LogP contribution >= 0.6 is 11.6 Å². The van der Waals surface area contributed by atoms with E-state index in [0.717, 1.165) is 24.2 Å². The molecule has 0 saturated carbocycles. The second-order valence-corrected chi connectivity index (χ2v) is 9.40. The van der Waals surface area contributed by atoms with Crippen LogP contribution in [0.25, 0.3) is 16.8 Å².